The van der Waals surface area contributed by atoms with E-state index in [9.17, 15) is 0 Å². The van der Waals surface area contributed by atoms with Crippen LogP contribution in [0.4, 0.5) is 0 Å². The number of hydrogen-bond acceptors (Lipinski definition) is 5. The van der Waals surface area contributed by atoms with Crippen molar-refractivity contribution in [2.24, 2.45) is 0 Å². The predicted octanol–water partition coefficient (Wildman–Crippen LogP) is 6.83. The van der Waals surface area contributed by atoms with Crippen LogP contribution in [0, 0.1) is 0 Å². The highest BCUT2D eigenvalue weighted by Crippen LogP contribution is 2.32. The molecule has 0 saturated heterocycles. The van der Waals surface area contributed by atoms with Crippen LogP contribution in [0.1, 0.15) is 43.9 Å². The molecule has 3 aromatic rings. The van der Waals surface area contributed by atoms with E-state index in [0.29, 0.717) is 33.0 Å². The van der Waals surface area contributed by atoms with Crippen LogP contribution in [0.3, 0.4) is 0 Å². The number of ether oxygens (including phenoxy) is 2. The fraction of sp³-hybridized carbons (Fsp3) is 0.379. The second-order valence-electron chi connectivity index (χ2n) is 8.12. The number of benzene rings is 3. The minimum atomic E-state index is -2.71. The SMILES string of the molecule is CCO[Si](CCCc1c(OCc2ccccc2)cccc1OCc1ccccc1)(OCC)OCC. The maximum Gasteiger partial charge on any atom is 0.500 e. The molecule has 0 spiro atoms. The molecule has 0 aliphatic heterocycles. The van der Waals surface area contributed by atoms with Crippen molar-refractivity contribution in [3.63, 3.8) is 0 Å². The molecule has 0 fully saturated rings. The molecule has 3 aromatic carbocycles. The molecule has 0 aromatic heterocycles. The Morgan fingerprint density at radius 1 is 0.571 bits per heavy atom. The Morgan fingerprint density at radius 3 is 1.46 bits per heavy atom. The van der Waals surface area contributed by atoms with E-state index in [-0.39, 0.29) is 0 Å². The lowest BCUT2D eigenvalue weighted by atomic mass is 10.1. The van der Waals surface area contributed by atoms with Crippen LogP contribution in [-0.4, -0.2) is 28.6 Å². The average Bonchev–Trinajstić information content (AvgIpc) is 2.89. The standard InChI is InChI=1S/C29H38O5Si/c1-4-32-35(33-5-2,34-6-3)22-14-19-27-28(30-23-25-15-9-7-10-16-25)20-13-21-29(27)31-24-26-17-11-8-12-18-26/h7-13,15-18,20-21H,4-6,14,19,22-24H2,1-3H3. The molecule has 6 heteroatoms. The molecule has 0 saturated carbocycles. The predicted molar refractivity (Wildman–Crippen MR) is 142 cm³/mol. The van der Waals surface area contributed by atoms with Crippen molar-refractivity contribution in [2.45, 2.75) is 52.9 Å². The Labute approximate surface area is 211 Å². The van der Waals surface area contributed by atoms with Crippen LogP contribution in [-0.2, 0) is 32.9 Å². The van der Waals surface area contributed by atoms with Crippen molar-refractivity contribution in [1.29, 1.82) is 0 Å². The van der Waals surface area contributed by atoms with Crippen LogP contribution in [0.25, 0.3) is 0 Å². The van der Waals surface area contributed by atoms with Gasteiger partial charge in [-0.3, -0.25) is 0 Å². The van der Waals surface area contributed by atoms with Gasteiger partial charge in [0.25, 0.3) is 0 Å². The van der Waals surface area contributed by atoms with E-state index in [1.165, 1.54) is 0 Å². The van der Waals surface area contributed by atoms with Gasteiger partial charge in [-0.15, -0.1) is 0 Å². The Morgan fingerprint density at radius 2 is 1.03 bits per heavy atom. The van der Waals surface area contributed by atoms with Gasteiger partial charge >= 0.3 is 8.80 Å². The van der Waals surface area contributed by atoms with Gasteiger partial charge in [-0.2, -0.15) is 0 Å². The van der Waals surface area contributed by atoms with E-state index in [4.69, 9.17) is 22.8 Å². The topological polar surface area (TPSA) is 46.2 Å². The van der Waals surface area contributed by atoms with Gasteiger partial charge in [0.15, 0.2) is 0 Å². The van der Waals surface area contributed by atoms with E-state index in [1.54, 1.807) is 0 Å². The first kappa shape index (κ1) is 27.0. The fourth-order valence-corrected chi connectivity index (χ4v) is 6.63. The molecule has 3 rings (SSSR count). The van der Waals surface area contributed by atoms with Crippen molar-refractivity contribution in [3.05, 3.63) is 95.6 Å². The average molecular weight is 495 g/mol. The molecule has 0 aliphatic carbocycles. The summed E-state index contributed by atoms with van der Waals surface area (Å²) in [4.78, 5) is 0. The van der Waals surface area contributed by atoms with Gasteiger partial charge in [-0.05, 0) is 56.9 Å². The summed E-state index contributed by atoms with van der Waals surface area (Å²) in [6, 6.07) is 27.2. The summed E-state index contributed by atoms with van der Waals surface area (Å²) in [5.74, 6) is 1.69. The third-order valence-electron chi connectivity index (χ3n) is 5.57. The smallest absolute Gasteiger partial charge is 0.488 e. The molecule has 0 bridgehead atoms. The van der Waals surface area contributed by atoms with Crippen LogP contribution < -0.4 is 9.47 Å². The zero-order valence-electron chi connectivity index (χ0n) is 21.2. The molecule has 0 heterocycles. The van der Waals surface area contributed by atoms with Crippen LogP contribution in [0.2, 0.25) is 6.04 Å². The summed E-state index contributed by atoms with van der Waals surface area (Å²) >= 11 is 0. The summed E-state index contributed by atoms with van der Waals surface area (Å²) in [6.45, 7) is 8.71. The Balaban J connectivity index is 1.77. The van der Waals surface area contributed by atoms with Crippen LogP contribution in [0.15, 0.2) is 78.9 Å². The Kier molecular flexibility index (Phi) is 11.3. The van der Waals surface area contributed by atoms with Crippen LogP contribution in [0.5, 0.6) is 11.5 Å². The lowest BCUT2D eigenvalue weighted by molar-refractivity contribution is 0.0708. The molecular formula is C29H38O5Si. The molecule has 0 aliphatic rings. The van der Waals surface area contributed by atoms with Crippen molar-refractivity contribution in [1.82, 2.24) is 0 Å². The summed E-state index contributed by atoms with van der Waals surface area (Å²) in [6.07, 6.45) is 1.62. The van der Waals surface area contributed by atoms with Gasteiger partial charge in [0, 0.05) is 31.4 Å². The van der Waals surface area contributed by atoms with Crippen LogP contribution >= 0.6 is 0 Å². The fourth-order valence-electron chi connectivity index (χ4n) is 4.02. The van der Waals surface area contributed by atoms with E-state index in [0.717, 1.165) is 47.1 Å². The maximum atomic E-state index is 6.28. The van der Waals surface area contributed by atoms with E-state index in [2.05, 4.69) is 24.3 Å². The van der Waals surface area contributed by atoms with Crippen molar-refractivity contribution >= 4 is 8.80 Å². The molecular weight excluding hydrogens is 456 g/mol. The Bertz CT molecular complexity index is 902. The van der Waals surface area contributed by atoms with E-state index in [1.807, 2.05) is 75.4 Å². The highest BCUT2D eigenvalue weighted by molar-refractivity contribution is 6.60. The maximum absolute atomic E-state index is 6.28. The third kappa shape index (κ3) is 8.51. The van der Waals surface area contributed by atoms with E-state index >= 15 is 0 Å². The molecule has 188 valence electrons. The summed E-state index contributed by atoms with van der Waals surface area (Å²) in [5.41, 5.74) is 3.32. The first-order valence-corrected chi connectivity index (χ1v) is 14.5. The summed E-state index contributed by atoms with van der Waals surface area (Å²) < 4.78 is 30.7. The summed E-state index contributed by atoms with van der Waals surface area (Å²) in [7, 11) is -2.71. The highest BCUT2D eigenvalue weighted by Gasteiger charge is 2.39. The summed E-state index contributed by atoms with van der Waals surface area (Å²) in [5, 5.41) is 0. The monoisotopic (exact) mass is 494 g/mol. The lowest BCUT2D eigenvalue weighted by Gasteiger charge is -2.28. The molecule has 0 N–H and O–H groups in total. The first-order valence-electron chi connectivity index (χ1n) is 12.6. The van der Waals surface area contributed by atoms with Crippen molar-refractivity contribution in [3.8, 4) is 11.5 Å². The first-order chi connectivity index (χ1) is 17.2. The van der Waals surface area contributed by atoms with Crippen molar-refractivity contribution in [2.75, 3.05) is 19.8 Å². The Hall–Kier alpha value is -2.64. The van der Waals surface area contributed by atoms with Gasteiger partial charge in [0.1, 0.15) is 24.7 Å². The lowest BCUT2D eigenvalue weighted by Crippen LogP contribution is -2.46. The van der Waals surface area contributed by atoms with Gasteiger partial charge in [0.05, 0.1) is 0 Å². The normalized spacial score (nSPS) is 11.4. The third-order valence-corrected chi connectivity index (χ3v) is 8.72. The zero-order chi connectivity index (χ0) is 24.8. The number of rotatable bonds is 16. The molecule has 0 unspecified atom stereocenters. The second-order valence-corrected chi connectivity index (χ2v) is 10.8. The second kappa shape index (κ2) is 14.7. The molecule has 0 atom stereocenters. The molecule has 0 amide bonds. The van der Waals surface area contributed by atoms with Crippen molar-refractivity contribution < 1.29 is 22.8 Å². The van der Waals surface area contributed by atoms with Gasteiger partial charge in [-0.25, -0.2) is 0 Å². The van der Waals surface area contributed by atoms with Gasteiger partial charge in [0.2, 0.25) is 0 Å². The van der Waals surface area contributed by atoms with Gasteiger partial charge in [-0.1, -0.05) is 66.7 Å². The molecule has 5 nitrogen and oxygen atoms in total. The highest BCUT2D eigenvalue weighted by atomic mass is 28.4. The minimum absolute atomic E-state index is 0.505. The largest absolute Gasteiger partial charge is 0.500 e. The van der Waals surface area contributed by atoms with E-state index < -0.39 is 8.80 Å². The molecule has 0 radical (unpaired) electrons. The molecule has 35 heavy (non-hydrogen) atoms. The number of hydrogen-bond donors (Lipinski definition) is 0. The van der Waals surface area contributed by atoms with Gasteiger partial charge < -0.3 is 22.8 Å². The zero-order valence-corrected chi connectivity index (χ0v) is 22.2. The minimum Gasteiger partial charge on any atom is -0.488 e. The quantitative estimate of drug-likeness (QED) is 0.204.